The van der Waals surface area contributed by atoms with E-state index < -0.39 is 0 Å². The molecule has 0 fully saturated rings. The molecule has 0 aliphatic rings. The zero-order chi connectivity index (χ0) is 5.54. The van der Waals surface area contributed by atoms with Crippen molar-refractivity contribution in [1.82, 2.24) is 0 Å². The van der Waals surface area contributed by atoms with Gasteiger partial charge in [0.1, 0.15) is 6.34 Å². The van der Waals surface area contributed by atoms with Gasteiger partial charge in [-0.15, -0.1) is 0 Å². The van der Waals surface area contributed by atoms with Crippen LogP contribution in [0.3, 0.4) is 0 Å². The summed E-state index contributed by atoms with van der Waals surface area (Å²) in [5.41, 5.74) is 0. The molecule has 3 nitrogen and oxygen atoms in total. The molecule has 3 heteroatoms. The Kier molecular flexibility index (Phi) is 4.30. The lowest BCUT2D eigenvalue weighted by Crippen LogP contribution is -1.70. The van der Waals surface area contributed by atoms with Crippen LogP contribution < -0.4 is 0 Å². The molecule has 0 heterocycles. The third-order valence-corrected chi connectivity index (χ3v) is 0.343. The summed E-state index contributed by atoms with van der Waals surface area (Å²) in [7, 11) is 1.63. The maximum absolute atomic E-state index is 6.45. The van der Waals surface area contributed by atoms with Gasteiger partial charge in [0.15, 0.2) is 0 Å². The summed E-state index contributed by atoms with van der Waals surface area (Å²) < 4.78 is 0. The highest BCUT2D eigenvalue weighted by Gasteiger charge is 1.53. The van der Waals surface area contributed by atoms with Gasteiger partial charge in [-0.05, 0) is 0 Å². The fourth-order valence-corrected chi connectivity index (χ4v) is 0.148. The van der Waals surface area contributed by atoms with Crippen LogP contribution in [0.4, 0.5) is 0 Å². The molecule has 0 aliphatic carbocycles. The van der Waals surface area contributed by atoms with Crippen LogP contribution in [0.5, 0.6) is 0 Å². The lowest BCUT2D eigenvalue weighted by molar-refractivity contribution is 1.45. The van der Waals surface area contributed by atoms with Crippen LogP contribution in [0.25, 0.3) is 0 Å². The molecule has 0 aromatic carbocycles. The second-order valence-electron chi connectivity index (χ2n) is 0.838. The van der Waals surface area contributed by atoms with E-state index in [-0.39, 0.29) is 0 Å². The van der Waals surface area contributed by atoms with Crippen LogP contribution in [-0.4, -0.2) is 25.8 Å². The minimum absolute atomic E-state index is 1.10. The molecule has 38 valence electrons. The van der Waals surface area contributed by atoms with Crippen molar-refractivity contribution in [3.05, 3.63) is 0 Å². The van der Waals surface area contributed by atoms with Crippen molar-refractivity contribution in [3.8, 4) is 0 Å². The van der Waals surface area contributed by atoms with E-state index in [0.29, 0.717) is 0 Å². The highest BCUT2D eigenvalue weighted by molar-refractivity contribution is 6.16. The van der Waals surface area contributed by atoms with E-state index >= 15 is 0 Å². The third kappa shape index (κ3) is 5.01. The quantitative estimate of drug-likeness (QED) is 0.382. The molecular weight excluding hydrogens is 90.1 g/mol. The van der Waals surface area contributed by atoms with E-state index in [1.165, 1.54) is 12.6 Å². The number of nitrogens with zero attached hydrogens (tertiary/aromatic N) is 2. The first-order chi connectivity index (χ1) is 3.41. The summed E-state index contributed by atoms with van der Waals surface area (Å²) in [4.78, 5) is 7.10. The summed E-state index contributed by atoms with van der Waals surface area (Å²) >= 11 is 0. The Morgan fingerprint density at radius 2 is 2.29 bits per heavy atom. The van der Waals surface area contributed by atoms with Gasteiger partial charge >= 0.3 is 0 Å². The molecule has 0 radical (unpaired) electrons. The molecule has 0 saturated heterocycles. The number of hydrogen-bond donors (Lipinski definition) is 1. The van der Waals surface area contributed by atoms with Gasteiger partial charge in [0.25, 0.3) is 0 Å². The third-order valence-electron chi connectivity index (χ3n) is 0.343. The van der Waals surface area contributed by atoms with E-state index in [9.17, 15) is 0 Å². The smallest absolute Gasteiger partial charge is 0.109 e. The molecule has 0 amide bonds. The first-order valence-electron chi connectivity index (χ1n) is 1.84. The Bertz CT molecular complexity index is 93.1. The van der Waals surface area contributed by atoms with E-state index in [0.717, 1.165) is 6.21 Å². The number of aliphatic imine (C=N–C) groups is 2. The van der Waals surface area contributed by atoms with Crippen LogP contribution in [0, 0.1) is 5.41 Å². The molecule has 0 aromatic heterocycles. The molecular formula is C4H7N3. The number of rotatable bonds is 2. The van der Waals surface area contributed by atoms with Gasteiger partial charge in [0, 0.05) is 19.5 Å². The van der Waals surface area contributed by atoms with Crippen molar-refractivity contribution in [2.45, 2.75) is 0 Å². The second kappa shape index (κ2) is 5.01. The topological polar surface area (TPSA) is 48.6 Å². The summed E-state index contributed by atoms with van der Waals surface area (Å²) in [6.07, 6.45) is 3.83. The van der Waals surface area contributed by atoms with Crippen LogP contribution in [0.15, 0.2) is 9.98 Å². The summed E-state index contributed by atoms with van der Waals surface area (Å²) in [6, 6.07) is 0. The van der Waals surface area contributed by atoms with Gasteiger partial charge in [-0.25, -0.2) is 4.99 Å². The van der Waals surface area contributed by atoms with E-state index in [2.05, 4.69) is 9.98 Å². The normalized spacial score (nSPS) is 11.0. The Hall–Kier alpha value is -0.990. The van der Waals surface area contributed by atoms with Gasteiger partial charge in [-0.1, -0.05) is 0 Å². The summed E-state index contributed by atoms with van der Waals surface area (Å²) in [6.45, 7) is 0. The number of nitrogens with one attached hydrogen (secondary N) is 1. The lowest BCUT2D eigenvalue weighted by atomic mass is 10.8. The maximum atomic E-state index is 6.45. The van der Waals surface area contributed by atoms with Gasteiger partial charge < -0.3 is 5.41 Å². The van der Waals surface area contributed by atoms with Crippen molar-refractivity contribution >= 4 is 18.8 Å². The Morgan fingerprint density at radius 1 is 1.57 bits per heavy atom. The van der Waals surface area contributed by atoms with E-state index in [1.54, 1.807) is 7.05 Å². The zero-order valence-electron chi connectivity index (χ0n) is 4.13. The fourth-order valence-electron chi connectivity index (χ4n) is 0.148. The van der Waals surface area contributed by atoms with Crippen molar-refractivity contribution < 1.29 is 0 Å². The molecule has 0 bridgehead atoms. The van der Waals surface area contributed by atoms with Crippen molar-refractivity contribution in [3.63, 3.8) is 0 Å². The van der Waals surface area contributed by atoms with Crippen LogP contribution in [-0.2, 0) is 0 Å². The SMILES string of the molecule is CN=CN=CC=N. The Morgan fingerprint density at radius 3 is 2.71 bits per heavy atom. The average molecular weight is 97.1 g/mol. The highest BCUT2D eigenvalue weighted by Crippen LogP contribution is 1.52. The fraction of sp³-hybridized carbons (Fsp3) is 0.250. The predicted octanol–water partition coefficient (Wildman–Crippen LogP) is 0.365. The largest absolute Gasteiger partial charge is 0.307 e. The average Bonchev–Trinajstić information content (AvgIpc) is 1.69. The molecule has 0 saturated carbocycles. The van der Waals surface area contributed by atoms with Crippen LogP contribution in [0.1, 0.15) is 0 Å². The van der Waals surface area contributed by atoms with Crippen LogP contribution in [0.2, 0.25) is 0 Å². The summed E-state index contributed by atoms with van der Waals surface area (Å²) in [5, 5.41) is 6.45. The second-order valence-corrected chi connectivity index (χ2v) is 0.838. The van der Waals surface area contributed by atoms with Gasteiger partial charge in [0.05, 0.1) is 0 Å². The molecule has 0 unspecified atom stereocenters. The molecule has 0 rings (SSSR count). The van der Waals surface area contributed by atoms with Gasteiger partial charge in [-0.3, -0.25) is 4.99 Å². The van der Waals surface area contributed by atoms with Crippen LogP contribution >= 0.6 is 0 Å². The lowest BCUT2D eigenvalue weighted by Gasteiger charge is -1.66. The number of hydrogen-bond acceptors (Lipinski definition) is 2. The molecule has 0 aliphatic heterocycles. The summed E-state index contributed by atoms with van der Waals surface area (Å²) in [5.74, 6) is 0. The maximum Gasteiger partial charge on any atom is 0.109 e. The molecule has 0 aromatic rings. The van der Waals surface area contributed by atoms with Crippen molar-refractivity contribution in [2.24, 2.45) is 9.98 Å². The van der Waals surface area contributed by atoms with E-state index in [4.69, 9.17) is 5.41 Å². The zero-order valence-corrected chi connectivity index (χ0v) is 4.13. The van der Waals surface area contributed by atoms with Gasteiger partial charge in [0.2, 0.25) is 0 Å². The monoisotopic (exact) mass is 97.1 g/mol. The van der Waals surface area contributed by atoms with Gasteiger partial charge in [-0.2, -0.15) is 0 Å². The van der Waals surface area contributed by atoms with Crippen molar-refractivity contribution in [1.29, 1.82) is 5.41 Å². The molecule has 0 spiro atoms. The first-order valence-corrected chi connectivity index (χ1v) is 1.84. The standard InChI is InChI=1S/C4H7N3/c1-6-4-7-3-2-5/h2-5H,1H3. The minimum atomic E-state index is 1.10. The minimum Gasteiger partial charge on any atom is -0.307 e. The van der Waals surface area contributed by atoms with E-state index in [1.807, 2.05) is 0 Å². The molecule has 7 heavy (non-hydrogen) atoms. The van der Waals surface area contributed by atoms with Crippen molar-refractivity contribution in [2.75, 3.05) is 7.05 Å². The molecule has 0 atom stereocenters. The molecule has 1 N–H and O–H groups in total. The Labute approximate surface area is 42.3 Å². The first kappa shape index (κ1) is 6.01. The Balaban J connectivity index is 3.27. The predicted molar refractivity (Wildman–Crippen MR) is 31.7 cm³/mol. The highest BCUT2D eigenvalue weighted by atomic mass is 14.8.